The Bertz CT molecular complexity index is 634. The van der Waals surface area contributed by atoms with Crippen molar-refractivity contribution in [1.82, 2.24) is 0 Å². The molecule has 0 bridgehead atoms. The Morgan fingerprint density at radius 2 is 1.86 bits per heavy atom. The number of ether oxygens (including phenoxy) is 2. The Balaban J connectivity index is 2.18. The number of halogens is 2. The summed E-state index contributed by atoms with van der Waals surface area (Å²) >= 11 is 0. The van der Waals surface area contributed by atoms with E-state index >= 15 is 0 Å². The lowest BCUT2D eigenvalue weighted by molar-refractivity contribution is 0.282. The molecule has 0 aliphatic carbocycles. The molecule has 0 heterocycles. The van der Waals surface area contributed by atoms with E-state index < -0.39 is 18.8 Å². The van der Waals surface area contributed by atoms with Gasteiger partial charge in [0.15, 0.2) is 23.1 Å². The van der Waals surface area contributed by atoms with Gasteiger partial charge < -0.3 is 19.5 Å². The Kier molecular flexibility index (Phi) is 4.77. The second kappa shape index (κ2) is 6.56. The van der Waals surface area contributed by atoms with Gasteiger partial charge in [0.2, 0.25) is 0 Å². The summed E-state index contributed by atoms with van der Waals surface area (Å²) in [5.74, 6) is -1.39. The topological polar surface area (TPSA) is 58.9 Å². The molecule has 0 radical (unpaired) electrons. The summed E-state index contributed by atoms with van der Waals surface area (Å²) in [4.78, 5) is 0. The van der Waals surface area contributed by atoms with E-state index in [2.05, 4.69) is 0 Å². The third-order valence-electron chi connectivity index (χ3n) is 2.90. The van der Waals surface area contributed by atoms with Crippen molar-refractivity contribution in [2.75, 3.05) is 7.11 Å². The fourth-order valence-corrected chi connectivity index (χ4v) is 1.77. The molecule has 0 saturated carbocycles. The molecule has 4 nitrogen and oxygen atoms in total. The van der Waals surface area contributed by atoms with Crippen molar-refractivity contribution in [3.63, 3.8) is 0 Å². The Morgan fingerprint density at radius 1 is 1.10 bits per heavy atom. The van der Waals surface area contributed by atoms with Crippen molar-refractivity contribution in [2.24, 2.45) is 0 Å². The van der Waals surface area contributed by atoms with E-state index in [0.717, 1.165) is 12.1 Å². The summed E-state index contributed by atoms with van der Waals surface area (Å²) in [5.41, 5.74) is 0.279. The van der Waals surface area contributed by atoms with E-state index in [0.29, 0.717) is 0 Å². The molecule has 0 spiro atoms. The largest absolute Gasteiger partial charge is 0.494 e. The van der Waals surface area contributed by atoms with Gasteiger partial charge in [0.25, 0.3) is 0 Å². The zero-order chi connectivity index (χ0) is 15.4. The number of hydrogen-bond donors (Lipinski definition) is 2. The van der Waals surface area contributed by atoms with Crippen LogP contribution in [-0.4, -0.2) is 24.3 Å². The van der Waals surface area contributed by atoms with Crippen molar-refractivity contribution < 1.29 is 28.3 Å². The van der Waals surface area contributed by atoms with Gasteiger partial charge in [-0.25, -0.2) is 8.78 Å². The van der Waals surface area contributed by atoms with Gasteiger partial charge in [-0.15, -0.1) is 0 Å². The lowest BCUT2D eigenvalue weighted by Crippen LogP contribution is -2.29. The van der Waals surface area contributed by atoms with Crippen LogP contribution >= 0.6 is 0 Å². The SMILES string of the molecule is COc1cccc(COc2cc(B(O)O)ccc2F)c1F. The van der Waals surface area contributed by atoms with Gasteiger partial charge >= 0.3 is 7.12 Å². The Labute approximate surface area is 120 Å². The summed E-state index contributed by atoms with van der Waals surface area (Å²) in [6.07, 6.45) is 0. The van der Waals surface area contributed by atoms with E-state index in [1.807, 2.05) is 0 Å². The first-order valence-corrected chi connectivity index (χ1v) is 6.12. The molecule has 2 N–H and O–H groups in total. The molecule has 0 aliphatic rings. The first-order chi connectivity index (χ1) is 10.0. The zero-order valence-electron chi connectivity index (χ0n) is 11.2. The second-order valence-corrected chi connectivity index (χ2v) is 4.29. The van der Waals surface area contributed by atoms with Gasteiger partial charge in [-0.1, -0.05) is 18.2 Å². The van der Waals surface area contributed by atoms with Crippen LogP contribution in [0.1, 0.15) is 5.56 Å². The molecule has 7 heteroatoms. The van der Waals surface area contributed by atoms with Crippen molar-refractivity contribution in [3.05, 3.63) is 53.6 Å². The highest BCUT2D eigenvalue weighted by Gasteiger charge is 2.15. The average molecular weight is 294 g/mol. The van der Waals surface area contributed by atoms with Crippen molar-refractivity contribution in [3.8, 4) is 11.5 Å². The molecule has 110 valence electrons. The smallest absolute Gasteiger partial charge is 0.488 e. The molecular formula is C14H13BF2O4. The summed E-state index contributed by atoms with van der Waals surface area (Å²) in [6.45, 7) is -0.217. The molecule has 0 amide bonds. The molecule has 0 aromatic heterocycles. The van der Waals surface area contributed by atoms with E-state index in [1.165, 1.54) is 25.3 Å². The first kappa shape index (κ1) is 15.3. The normalized spacial score (nSPS) is 10.3. The maximum atomic E-state index is 13.9. The van der Waals surface area contributed by atoms with Gasteiger partial charge in [-0.3, -0.25) is 0 Å². The van der Waals surface area contributed by atoms with Crippen LogP contribution < -0.4 is 14.9 Å². The highest BCUT2D eigenvalue weighted by atomic mass is 19.1. The first-order valence-electron chi connectivity index (χ1n) is 6.12. The predicted molar refractivity (Wildman–Crippen MR) is 73.5 cm³/mol. The number of benzene rings is 2. The number of rotatable bonds is 5. The summed E-state index contributed by atoms with van der Waals surface area (Å²) in [6, 6.07) is 7.95. The maximum absolute atomic E-state index is 13.9. The van der Waals surface area contributed by atoms with Crippen LogP contribution in [0, 0.1) is 11.6 Å². The van der Waals surface area contributed by atoms with E-state index in [9.17, 15) is 8.78 Å². The van der Waals surface area contributed by atoms with E-state index in [1.54, 1.807) is 6.07 Å². The van der Waals surface area contributed by atoms with Gasteiger partial charge in [0.1, 0.15) is 6.61 Å². The van der Waals surface area contributed by atoms with Gasteiger partial charge in [0.05, 0.1) is 7.11 Å². The molecule has 21 heavy (non-hydrogen) atoms. The lowest BCUT2D eigenvalue weighted by atomic mass is 9.80. The van der Waals surface area contributed by atoms with Crippen LogP contribution in [0.4, 0.5) is 8.78 Å². The lowest BCUT2D eigenvalue weighted by Gasteiger charge is -2.11. The van der Waals surface area contributed by atoms with Gasteiger partial charge in [0, 0.05) is 5.56 Å². The van der Waals surface area contributed by atoms with Crippen LogP contribution in [0.25, 0.3) is 0 Å². The summed E-state index contributed by atoms with van der Waals surface area (Å²) in [5, 5.41) is 18.1. The number of hydrogen-bond acceptors (Lipinski definition) is 4. The highest BCUT2D eigenvalue weighted by Crippen LogP contribution is 2.22. The summed E-state index contributed by atoms with van der Waals surface area (Å²) < 4.78 is 37.5. The van der Waals surface area contributed by atoms with Gasteiger partial charge in [-0.2, -0.15) is 0 Å². The monoisotopic (exact) mass is 294 g/mol. The van der Waals surface area contributed by atoms with Crippen LogP contribution in [0.15, 0.2) is 36.4 Å². The third kappa shape index (κ3) is 3.50. The van der Waals surface area contributed by atoms with Gasteiger partial charge in [-0.05, 0) is 23.7 Å². The van der Waals surface area contributed by atoms with Crippen LogP contribution in [0.3, 0.4) is 0 Å². The Morgan fingerprint density at radius 3 is 2.52 bits per heavy atom. The van der Waals surface area contributed by atoms with Crippen molar-refractivity contribution in [1.29, 1.82) is 0 Å². The molecule has 0 atom stereocenters. The minimum atomic E-state index is -1.73. The van der Waals surface area contributed by atoms with Crippen molar-refractivity contribution in [2.45, 2.75) is 6.61 Å². The standard InChI is InChI=1S/C14H13BF2O4/c1-20-12-4-2-3-9(14(12)17)8-21-13-7-10(15(18)19)5-6-11(13)16/h2-7,18-19H,8H2,1H3. The quantitative estimate of drug-likeness (QED) is 0.814. The van der Waals surface area contributed by atoms with Crippen LogP contribution in [-0.2, 0) is 6.61 Å². The molecular weight excluding hydrogens is 281 g/mol. The predicted octanol–water partition coefficient (Wildman–Crippen LogP) is 1.23. The minimum Gasteiger partial charge on any atom is -0.494 e. The molecule has 0 unspecified atom stereocenters. The third-order valence-corrected chi connectivity index (χ3v) is 2.90. The molecule has 0 fully saturated rings. The van der Waals surface area contributed by atoms with Crippen molar-refractivity contribution >= 4 is 12.6 Å². The molecule has 0 aliphatic heterocycles. The second-order valence-electron chi connectivity index (χ2n) is 4.29. The van der Waals surface area contributed by atoms with E-state index in [4.69, 9.17) is 19.5 Å². The zero-order valence-corrected chi connectivity index (χ0v) is 11.2. The molecule has 0 saturated heterocycles. The van der Waals surface area contributed by atoms with Crippen LogP contribution in [0.2, 0.25) is 0 Å². The average Bonchev–Trinajstić information content (AvgIpc) is 2.47. The maximum Gasteiger partial charge on any atom is 0.488 e. The molecule has 2 rings (SSSR count). The minimum absolute atomic E-state index is 0.0658. The molecule has 2 aromatic carbocycles. The number of methoxy groups -OCH3 is 1. The fourth-order valence-electron chi connectivity index (χ4n) is 1.77. The molecule has 2 aromatic rings. The summed E-state index contributed by atoms with van der Waals surface area (Å²) in [7, 11) is -0.393. The fraction of sp³-hybridized carbons (Fsp3) is 0.143. The van der Waals surface area contributed by atoms with E-state index in [-0.39, 0.29) is 29.1 Å². The highest BCUT2D eigenvalue weighted by molar-refractivity contribution is 6.58. The Hall–Kier alpha value is -2.12. The van der Waals surface area contributed by atoms with Crippen LogP contribution in [0.5, 0.6) is 11.5 Å².